The minimum atomic E-state index is -0.121. The van der Waals surface area contributed by atoms with E-state index in [1.807, 2.05) is 39.0 Å². The van der Waals surface area contributed by atoms with Crippen LogP contribution in [-0.4, -0.2) is 24.2 Å². The normalized spacial score (nSPS) is 9.24. The van der Waals surface area contributed by atoms with E-state index >= 15 is 0 Å². The van der Waals surface area contributed by atoms with Gasteiger partial charge in [0.2, 0.25) is 0 Å². The van der Waals surface area contributed by atoms with E-state index in [9.17, 15) is 4.79 Å². The number of hydrogen-bond acceptors (Lipinski definition) is 2. The van der Waals surface area contributed by atoms with Crippen molar-refractivity contribution < 1.29 is 9.90 Å². The van der Waals surface area contributed by atoms with E-state index in [0.29, 0.717) is 12.1 Å². The lowest BCUT2D eigenvalue weighted by molar-refractivity contribution is 0.0944. The third-order valence-electron chi connectivity index (χ3n) is 2.34. The van der Waals surface area contributed by atoms with Crippen molar-refractivity contribution in [3.63, 3.8) is 0 Å². The Kier molecular flexibility index (Phi) is 8.07. The SMILES string of the molecule is CC.CCc1ccc(C(=O)NCCO)c(C)c1. The van der Waals surface area contributed by atoms with E-state index in [2.05, 4.69) is 12.2 Å². The second-order valence-corrected chi connectivity index (χ2v) is 3.48. The molecule has 0 unspecified atom stereocenters. The van der Waals surface area contributed by atoms with Crippen molar-refractivity contribution >= 4 is 5.91 Å². The first kappa shape index (κ1) is 15.7. The first-order chi connectivity index (χ1) is 8.19. The lowest BCUT2D eigenvalue weighted by atomic mass is 10.0. The van der Waals surface area contributed by atoms with Gasteiger partial charge in [-0.2, -0.15) is 0 Å². The standard InChI is InChI=1S/C12H17NO2.C2H6/c1-3-10-4-5-11(9(2)8-10)12(15)13-6-7-14;1-2/h4-5,8,14H,3,6-7H2,1-2H3,(H,13,15);1-2H3. The molecule has 2 N–H and O–H groups in total. The van der Waals surface area contributed by atoms with Gasteiger partial charge in [0.15, 0.2) is 0 Å². The summed E-state index contributed by atoms with van der Waals surface area (Å²) in [6.07, 6.45) is 0.972. The minimum absolute atomic E-state index is 0.0299. The van der Waals surface area contributed by atoms with Crippen LogP contribution in [0.15, 0.2) is 18.2 Å². The number of amides is 1. The molecule has 1 amide bonds. The van der Waals surface area contributed by atoms with Crippen LogP contribution in [0.3, 0.4) is 0 Å². The van der Waals surface area contributed by atoms with Gasteiger partial charge in [0.25, 0.3) is 5.91 Å². The molecule has 0 spiro atoms. The summed E-state index contributed by atoms with van der Waals surface area (Å²) in [5, 5.41) is 11.2. The van der Waals surface area contributed by atoms with Crippen molar-refractivity contribution in [1.82, 2.24) is 5.32 Å². The molecule has 0 aliphatic rings. The van der Waals surface area contributed by atoms with Crippen LogP contribution in [0, 0.1) is 6.92 Å². The van der Waals surface area contributed by atoms with Gasteiger partial charge < -0.3 is 10.4 Å². The largest absolute Gasteiger partial charge is 0.395 e. The van der Waals surface area contributed by atoms with Gasteiger partial charge >= 0.3 is 0 Å². The number of aryl methyl sites for hydroxylation is 2. The third kappa shape index (κ3) is 5.00. The van der Waals surface area contributed by atoms with Crippen molar-refractivity contribution in [1.29, 1.82) is 0 Å². The molecule has 0 aliphatic heterocycles. The molecule has 0 aromatic heterocycles. The maximum atomic E-state index is 11.6. The number of nitrogens with one attached hydrogen (secondary N) is 1. The fourth-order valence-corrected chi connectivity index (χ4v) is 1.47. The highest BCUT2D eigenvalue weighted by atomic mass is 16.3. The molecule has 3 nitrogen and oxygen atoms in total. The maximum Gasteiger partial charge on any atom is 0.251 e. The summed E-state index contributed by atoms with van der Waals surface area (Å²) in [5.74, 6) is -0.121. The smallest absolute Gasteiger partial charge is 0.251 e. The minimum Gasteiger partial charge on any atom is -0.395 e. The molecule has 0 atom stereocenters. The highest BCUT2D eigenvalue weighted by molar-refractivity contribution is 5.95. The Bertz CT molecular complexity index is 348. The Labute approximate surface area is 104 Å². The molecule has 17 heavy (non-hydrogen) atoms. The van der Waals surface area contributed by atoms with Crippen molar-refractivity contribution in [3.05, 3.63) is 34.9 Å². The zero-order valence-corrected chi connectivity index (χ0v) is 11.2. The summed E-state index contributed by atoms with van der Waals surface area (Å²) < 4.78 is 0. The highest BCUT2D eigenvalue weighted by Gasteiger charge is 2.07. The average Bonchev–Trinajstić information content (AvgIpc) is 2.38. The topological polar surface area (TPSA) is 49.3 Å². The molecule has 0 heterocycles. The van der Waals surface area contributed by atoms with Gasteiger partial charge in [0.05, 0.1) is 6.61 Å². The van der Waals surface area contributed by atoms with Gasteiger partial charge in [0.1, 0.15) is 0 Å². The molecule has 0 saturated carbocycles. The average molecular weight is 237 g/mol. The predicted molar refractivity (Wildman–Crippen MR) is 71.3 cm³/mol. The lowest BCUT2D eigenvalue weighted by Gasteiger charge is -2.07. The van der Waals surface area contributed by atoms with Crippen LogP contribution in [0.5, 0.6) is 0 Å². The first-order valence-electron chi connectivity index (χ1n) is 6.17. The molecule has 1 rings (SSSR count). The zero-order valence-electron chi connectivity index (χ0n) is 11.2. The second-order valence-electron chi connectivity index (χ2n) is 3.48. The van der Waals surface area contributed by atoms with Gasteiger partial charge in [0, 0.05) is 12.1 Å². The molecule has 0 radical (unpaired) electrons. The molecule has 1 aromatic carbocycles. The molecule has 0 saturated heterocycles. The van der Waals surface area contributed by atoms with Crippen LogP contribution in [0.25, 0.3) is 0 Å². The lowest BCUT2D eigenvalue weighted by Crippen LogP contribution is -2.27. The number of rotatable bonds is 4. The van der Waals surface area contributed by atoms with Crippen molar-refractivity contribution in [2.75, 3.05) is 13.2 Å². The number of carbonyl (C=O) groups is 1. The molecule has 0 fully saturated rings. The van der Waals surface area contributed by atoms with Crippen LogP contribution in [0.2, 0.25) is 0 Å². The number of carbonyl (C=O) groups excluding carboxylic acids is 1. The van der Waals surface area contributed by atoms with E-state index in [1.165, 1.54) is 5.56 Å². The van der Waals surface area contributed by atoms with Crippen molar-refractivity contribution in [2.45, 2.75) is 34.1 Å². The van der Waals surface area contributed by atoms with Crippen LogP contribution >= 0.6 is 0 Å². The van der Waals surface area contributed by atoms with E-state index in [-0.39, 0.29) is 12.5 Å². The van der Waals surface area contributed by atoms with E-state index in [1.54, 1.807) is 0 Å². The summed E-state index contributed by atoms with van der Waals surface area (Å²) in [7, 11) is 0. The van der Waals surface area contributed by atoms with Gasteiger partial charge in [-0.25, -0.2) is 0 Å². The molecular weight excluding hydrogens is 214 g/mol. The predicted octanol–water partition coefficient (Wildman–Crippen LogP) is 2.31. The van der Waals surface area contributed by atoms with Crippen LogP contribution in [0.1, 0.15) is 42.3 Å². The van der Waals surface area contributed by atoms with Crippen LogP contribution in [0.4, 0.5) is 0 Å². The second kappa shape index (κ2) is 8.76. The Morgan fingerprint density at radius 2 is 2.00 bits per heavy atom. The third-order valence-corrected chi connectivity index (χ3v) is 2.34. The molecule has 96 valence electrons. The summed E-state index contributed by atoms with van der Waals surface area (Å²) in [4.78, 5) is 11.6. The van der Waals surface area contributed by atoms with Gasteiger partial charge in [-0.1, -0.05) is 32.9 Å². The zero-order chi connectivity index (χ0) is 13.3. The molecule has 0 aliphatic carbocycles. The number of benzene rings is 1. The Morgan fingerprint density at radius 1 is 1.35 bits per heavy atom. The summed E-state index contributed by atoms with van der Waals surface area (Å²) in [5.41, 5.74) is 2.89. The van der Waals surface area contributed by atoms with Crippen LogP contribution in [-0.2, 0) is 6.42 Å². The Balaban J connectivity index is 0.00000121. The van der Waals surface area contributed by atoms with Gasteiger partial charge in [-0.15, -0.1) is 0 Å². The van der Waals surface area contributed by atoms with Crippen molar-refractivity contribution in [3.8, 4) is 0 Å². The fraction of sp³-hybridized carbons (Fsp3) is 0.500. The van der Waals surface area contributed by atoms with Crippen molar-refractivity contribution in [2.24, 2.45) is 0 Å². The molecule has 1 aromatic rings. The maximum absolute atomic E-state index is 11.6. The molecule has 0 bridgehead atoms. The quantitative estimate of drug-likeness (QED) is 0.844. The Morgan fingerprint density at radius 3 is 2.47 bits per heavy atom. The number of aliphatic hydroxyl groups excluding tert-OH is 1. The van der Waals surface area contributed by atoms with Gasteiger partial charge in [-0.3, -0.25) is 4.79 Å². The summed E-state index contributed by atoms with van der Waals surface area (Å²) in [6.45, 7) is 8.28. The fourth-order valence-electron chi connectivity index (χ4n) is 1.47. The number of aliphatic hydroxyl groups is 1. The monoisotopic (exact) mass is 237 g/mol. The summed E-state index contributed by atoms with van der Waals surface area (Å²) in [6, 6.07) is 5.82. The van der Waals surface area contributed by atoms with E-state index in [4.69, 9.17) is 5.11 Å². The van der Waals surface area contributed by atoms with E-state index < -0.39 is 0 Å². The Hall–Kier alpha value is -1.35. The summed E-state index contributed by atoms with van der Waals surface area (Å²) >= 11 is 0. The molecule has 3 heteroatoms. The molecular formula is C14H23NO2. The number of hydrogen-bond donors (Lipinski definition) is 2. The van der Waals surface area contributed by atoms with Crippen LogP contribution < -0.4 is 5.32 Å². The highest BCUT2D eigenvalue weighted by Crippen LogP contribution is 2.11. The first-order valence-corrected chi connectivity index (χ1v) is 6.17. The van der Waals surface area contributed by atoms with E-state index in [0.717, 1.165) is 12.0 Å². The van der Waals surface area contributed by atoms with Gasteiger partial charge in [-0.05, 0) is 30.5 Å².